The first-order valence-electron chi connectivity index (χ1n) is 8.86. The standard InChI is InChI=1S/C19H26N2O4/c1-3-25-18(23)11-6-4-5-8-13-21-17(22)14-16(19(21)24)20-12-9-7-10-15(20)2/h7,9-10,12,16H,2-6,8,11,13-14H2,1H3. The van der Waals surface area contributed by atoms with Crippen LogP contribution in [0.3, 0.4) is 0 Å². The van der Waals surface area contributed by atoms with Crippen LogP contribution in [0.15, 0.2) is 36.7 Å². The number of hydrogen-bond donors (Lipinski definition) is 0. The van der Waals surface area contributed by atoms with Crippen LogP contribution in [0.4, 0.5) is 0 Å². The molecule has 0 radical (unpaired) electrons. The van der Waals surface area contributed by atoms with Crippen molar-refractivity contribution < 1.29 is 19.1 Å². The van der Waals surface area contributed by atoms with Gasteiger partial charge >= 0.3 is 5.97 Å². The van der Waals surface area contributed by atoms with Crippen LogP contribution in [0.5, 0.6) is 0 Å². The van der Waals surface area contributed by atoms with Gasteiger partial charge in [0.2, 0.25) is 5.91 Å². The van der Waals surface area contributed by atoms with Gasteiger partial charge in [0.05, 0.1) is 13.0 Å². The van der Waals surface area contributed by atoms with E-state index in [4.69, 9.17) is 4.74 Å². The van der Waals surface area contributed by atoms with Crippen LogP contribution < -0.4 is 0 Å². The van der Waals surface area contributed by atoms with Crippen molar-refractivity contribution in [2.45, 2.75) is 51.5 Å². The van der Waals surface area contributed by atoms with Crippen molar-refractivity contribution in [3.05, 3.63) is 36.7 Å². The molecule has 0 bridgehead atoms. The highest BCUT2D eigenvalue weighted by atomic mass is 16.5. The maximum atomic E-state index is 12.5. The minimum absolute atomic E-state index is 0.128. The van der Waals surface area contributed by atoms with Crippen molar-refractivity contribution >= 4 is 17.8 Å². The third kappa shape index (κ3) is 5.05. The molecule has 0 aromatic rings. The van der Waals surface area contributed by atoms with Gasteiger partial charge in [0.1, 0.15) is 6.04 Å². The van der Waals surface area contributed by atoms with Gasteiger partial charge in [-0.3, -0.25) is 19.3 Å². The van der Waals surface area contributed by atoms with E-state index in [1.54, 1.807) is 18.0 Å². The molecule has 0 N–H and O–H groups in total. The predicted molar refractivity (Wildman–Crippen MR) is 94.1 cm³/mol. The largest absolute Gasteiger partial charge is 0.466 e. The molecule has 6 nitrogen and oxygen atoms in total. The van der Waals surface area contributed by atoms with Gasteiger partial charge < -0.3 is 9.64 Å². The van der Waals surface area contributed by atoms with Crippen molar-refractivity contribution in [1.29, 1.82) is 0 Å². The maximum Gasteiger partial charge on any atom is 0.305 e. The van der Waals surface area contributed by atoms with E-state index in [1.807, 2.05) is 18.2 Å². The summed E-state index contributed by atoms with van der Waals surface area (Å²) in [6.45, 7) is 6.56. The molecule has 1 saturated heterocycles. The Morgan fingerprint density at radius 3 is 2.72 bits per heavy atom. The number of unbranched alkanes of at least 4 members (excludes halogenated alkanes) is 3. The molecule has 0 spiro atoms. The SMILES string of the molecule is C=C1C=CC=CN1C1CC(=O)N(CCCCCCC(=O)OCC)C1=O. The number of imide groups is 1. The van der Waals surface area contributed by atoms with Crippen LogP contribution in [0.2, 0.25) is 0 Å². The number of rotatable bonds is 9. The molecule has 1 fully saturated rings. The average molecular weight is 346 g/mol. The van der Waals surface area contributed by atoms with Crippen LogP contribution in [0, 0.1) is 0 Å². The van der Waals surface area contributed by atoms with Gasteiger partial charge in [0.25, 0.3) is 5.91 Å². The summed E-state index contributed by atoms with van der Waals surface area (Å²) in [5, 5.41) is 0. The number of hydrogen-bond acceptors (Lipinski definition) is 5. The van der Waals surface area contributed by atoms with Crippen LogP contribution >= 0.6 is 0 Å². The number of ether oxygens (including phenoxy) is 1. The molecule has 2 aliphatic heterocycles. The molecule has 2 heterocycles. The molecule has 6 heteroatoms. The zero-order chi connectivity index (χ0) is 18.2. The molecule has 0 saturated carbocycles. The summed E-state index contributed by atoms with van der Waals surface area (Å²) in [6.07, 6.45) is 11.2. The van der Waals surface area contributed by atoms with Crippen molar-refractivity contribution in [3.8, 4) is 0 Å². The molecule has 1 atom stereocenters. The number of allylic oxidation sites excluding steroid dienone is 3. The third-order valence-corrected chi connectivity index (χ3v) is 4.35. The van der Waals surface area contributed by atoms with Crippen molar-refractivity contribution in [3.63, 3.8) is 0 Å². The molecule has 2 aliphatic rings. The Morgan fingerprint density at radius 1 is 1.24 bits per heavy atom. The lowest BCUT2D eigenvalue weighted by molar-refractivity contribution is -0.143. The topological polar surface area (TPSA) is 66.9 Å². The number of amides is 2. The van der Waals surface area contributed by atoms with Gasteiger partial charge in [-0.25, -0.2) is 0 Å². The average Bonchev–Trinajstić information content (AvgIpc) is 2.86. The Morgan fingerprint density at radius 2 is 2.00 bits per heavy atom. The molecule has 0 aromatic carbocycles. The van der Waals surface area contributed by atoms with Crippen molar-refractivity contribution in [2.75, 3.05) is 13.2 Å². The minimum Gasteiger partial charge on any atom is -0.466 e. The molecule has 0 aromatic heterocycles. The normalized spacial score (nSPS) is 19.9. The monoisotopic (exact) mass is 346 g/mol. The van der Waals surface area contributed by atoms with E-state index < -0.39 is 6.04 Å². The quantitative estimate of drug-likeness (QED) is 0.365. The van der Waals surface area contributed by atoms with E-state index in [2.05, 4.69) is 6.58 Å². The number of likely N-dealkylation sites (tertiary alicyclic amines) is 1. The highest BCUT2D eigenvalue weighted by Gasteiger charge is 2.41. The lowest BCUT2D eigenvalue weighted by Gasteiger charge is -2.27. The highest BCUT2D eigenvalue weighted by molar-refractivity contribution is 6.05. The van der Waals surface area contributed by atoms with Gasteiger partial charge in [0, 0.05) is 24.9 Å². The molecule has 25 heavy (non-hydrogen) atoms. The summed E-state index contributed by atoms with van der Waals surface area (Å²) in [5.74, 6) is -0.450. The first-order chi connectivity index (χ1) is 12.0. The fourth-order valence-electron chi connectivity index (χ4n) is 3.04. The van der Waals surface area contributed by atoms with Crippen LogP contribution in [-0.2, 0) is 19.1 Å². The zero-order valence-corrected chi connectivity index (χ0v) is 14.8. The summed E-state index contributed by atoms with van der Waals surface area (Å²) in [5.41, 5.74) is 0.717. The molecule has 1 unspecified atom stereocenters. The first kappa shape index (κ1) is 19.0. The molecular formula is C19H26N2O4. The van der Waals surface area contributed by atoms with Gasteiger partial charge in [-0.2, -0.15) is 0 Å². The van der Waals surface area contributed by atoms with E-state index in [0.29, 0.717) is 19.6 Å². The molecule has 2 rings (SSSR count). The Balaban J connectivity index is 1.72. The minimum atomic E-state index is -0.481. The van der Waals surface area contributed by atoms with E-state index in [1.165, 1.54) is 4.90 Å². The van der Waals surface area contributed by atoms with Crippen LogP contribution in [0.1, 0.15) is 45.4 Å². The number of carbonyl (C=O) groups is 3. The summed E-state index contributed by atoms with van der Waals surface area (Å²) in [6, 6.07) is -0.481. The fourth-order valence-corrected chi connectivity index (χ4v) is 3.04. The molecule has 2 amide bonds. The predicted octanol–water partition coefficient (Wildman–Crippen LogP) is 2.53. The van der Waals surface area contributed by atoms with E-state index in [-0.39, 0.29) is 24.2 Å². The zero-order valence-electron chi connectivity index (χ0n) is 14.8. The fraction of sp³-hybridized carbons (Fsp3) is 0.526. The second kappa shape index (κ2) is 9.20. The molecular weight excluding hydrogens is 320 g/mol. The Hall–Kier alpha value is -2.37. The molecule has 136 valence electrons. The number of nitrogens with zero attached hydrogens (tertiary/aromatic N) is 2. The van der Waals surface area contributed by atoms with E-state index in [9.17, 15) is 14.4 Å². The van der Waals surface area contributed by atoms with Crippen molar-refractivity contribution in [1.82, 2.24) is 9.80 Å². The smallest absolute Gasteiger partial charge is 0.305 e. The highest BCUT2D eigenvalue weighted by Crippen LogP contribution is 2.24. The Bertz CT molecular complexity index is 594. The lowest BCUT2D eigenvalue weighted by atomic mass is 10.1. The number of esters is 1. The summed E-state index contributed by atoms with van der Waals surface area (Å²) in [7, 11) is 0. The lowest BCUT2D eigenvalue weighted by Crippen LogP contribution is -2.39. The maximum absolute atomic E-state index is 12.5. The third-order valence-electron chi connectivity index (χ3n) is 4.35. The van der Waals surface area contributed by atoms with Gasteiger partial charge in [-0.15, -0.1) is 0 Å². The van der Waals surface area contributed by atoms with Crippen LogP contribution in [-0.4, -0.2) is 46.8 Å². The summed E-state index contributed by atoms with van der Waals surface area (Å²) in [4.78, 5) is 39.1. The van der Waals surface area contributed by atoms with Gasteiger partial charge in [-0.05, 0) is 31.9 Å². The summed E-state index contributed by atoms with van der Waals surface area (Å²) >= 11 is 0. The first-order valence-corrected chi connectivity index (χ1v) is 8.86. The Kier molecular flexibility index (Phi) is 6.98. The molecule has 0 aliphatic carbocycles. The van der Waals surface area contributed by atoms with E-state index >= 15 is 0 Å². The van der Waals surface area contributed by atoms with E-state index in [0.717, 1.165) is 31.4 Å². The second-order valence-electron chi connectivity index (χ2n) is 6.17. The Labute approximate surface area is 148 Å². The number of carbonyl (C=O) groups excluding carboxylic acids is 3. The van der Waals surface area contributed by atoms with Crippen LogP contribution in [0.25, 0.3) is 0 Å². The van der Waals surface area contributed by atoms with Gasteiger partial charge in [0.15, 0.2) is 0 Å². The van der Waals surface area contributed by atoms with Gasteiger partial charge in [-0.1, -0.05) is 25.5 Å². The van der Waals surface area contributed by atoms with Crippen molar-refractivity contribution in [2.24, 2.45) is 0 Å². The second-order valence-corrected chi connectivity index (χ2v) is 6.17. The summed E-state index contributed by atoms with van der Waals surface area (Å²) < 4.78 is 4.88.